The number of hydrogen-bond donors (Lipinski definition) is 0. The number of thiazole rings is 1. The fraction of sp³-hybridized carbons (Fsp3) is 0.0526. The standard InChI is InChI=1S/C19H16ClN3S2.BrH/c1-2-12-23-18(15-7-9-16(20)10-8-15)14-25-19(23)22-21-11-3-5-17-6-4-13-24-17;/h2-11,13-14H,1,12H2;1H/b5-3+,21-11+,22-19-;. The lowest BCUT2D eigenvalue weighted by Gasteiger charge is -2.06. The summed E-state index contributed by atoms with van der Waals surface area (Å²) in [4.78, 5) is 2.01. The van der Waals surface area contributed by atoms with Crippen LogP contribution in [0.2, 0.25) is 5.02 Å². The van der Waals surface area contributed by atoms with Gasteiger partial charge in [-0.3, -0.25) is 0 Å². The number of nitrogens with zero attached hydrogens (tertiary/aromatic N) is 3. The molecule has 0 atom stereocenters. The Morgan fingerprint density at radius 1 is 1.15 bits per heavy atom. The predicted octanol–water partition coefficient (Wildman–Crippen LogP) is 6.30. The van der Waals surface area contributed by atoms with Gasteiger partial charge in [0.25, 0.3) is 0 Å². The van der Waals surface area contributed by atoms with Gasteiger partial charge in [-0.05, 0) is 41.3 Å². The van der Waals surface area contributed by atoms with E-state index in [9.17, 15) is 0 Å². The van der Waals surface area contributed by atoms with Gasteiger partial charge in [-0.2, -0.15) is 5.10 Å². The summed E-state index contributed by atoms with van der Waals surface area (Å²) in [6, 6.07) is 11.9. The zero-order valence-corrected chi connectivity index (χ0v) is 17.9. The Bertz CT molecular complexity index is 952. The second-order valence-electron chi connectivity index (χ2n) is 5.05. The van der Waals surface area contributed by atoms with E-state index in [0.29, 0.717) is 6.54 Å². The molecule has 0 radical (unpaired) electrons. The fourth-order valence-electron chi connectivity index (χ4n) is 2.21. The minimum atomic E-state index is 0. The largest absolute Gasteiger partial charge is 0.311 e. The molecule has 0 aliphatic heterocycles. The van der Waals surface area contributed by atoms with Gasteiger partial charge in [-0.1, -0.05) is 35.9 Å². The molecule has 1 aromatic carbocycles. The Balaban J connectivity index is 0.00000243. The van der Waals surface area contributed by atoms with Crippen LogP contribution < -0.4 is 4.80 Å². The molecule has 3 aromatic rings. The first kappa shape index (κ1) is 20.6. The van der Waals surface area contributed by atoms with E-state index in [2.05, 4.69) is 32.8 Å². The average molecular weight is 467 g/mol. The molecule has 7 heteroatoms. The molecule has 2 heterocycles. The Morgan fingerprint density at radius 3 is 2.65 bits per heavy atom. The predicted molar refractivity (Wildman–Crippen MR) is 121 cm³/mol. The van der Waals surface area contributed by atoms with Crippen LogP contribution >= 0.6 is 51.3 Å². The van der Waals surface area contributed by atoms with Gasteiger partial charge < -0.3 is 4.57 Å². The van der Waals surface area contributed by atoms with Gasteiger partial charge in [0.1, 0.15) is 0 Å². The maximum absolute atomic E-state index is 5.98. The van der Waals surface area contributed by atoms with Gasteiger partial charge in [0.15, 0.2) is 0 Å². The summed E-state index contributed by atoms with van der Waals surface area (Å²) < 4.78 is 2.08. The van der Waals surface area contributed by atoms with Crippen LogP contribution in [-0.2, 0) is 6.54 Å². The lowest BCUT2D eigenvalue weighted by Crippen LogP contribution is -2.14. The van der Waals surface area contributed by atoms with Crippen LogP contribution in [0.3, 0.4) is 0 Å². The SMILES string of the molecule is Br.C=CCn1c(-c2ccc(Cl)cc2)cs\c1=N/N=C/C=C/c1cccs1. The van der Waals surface area contributed by atoms with Crippen LogP contribution in [0, 0.1) is 0 Å². The number of hydrogen-bond acceptors (Lipinski definition) is 4. The number of aromatic nitrogens is 1. The Kier molecular flexibility index (Phi) is 8.25. The van der Waals surface area contributed by atoms with Gasteiger partial charge in [0, 0.05) is 28.0 Å². The zero-order valence-electron chi connectivity index (χ0n) is 13.8. The van der Waals surface area contributed by atoms with Crippen molar-refractivity contribution in [3.63, 3.8) is 0 Å². The smallest absolute Gasteiger partial charge is 0.211 e. The first-order chi connectivity index (χ1) is 12.3. The van der Waals surface area contributed by atoms with Crippen LogP contribution in [0.1, 0.15) is 4.88 Å². The molecule has 3 rings (SSSR count). The molecule has 0 bridgehead atoms. The number of thiophene rings is 1. The van der Waals surface area contributed by atoms with Crippen molar-refractivity contribution in [3.05, 3.63) is 80.6 Å². The molecule has 0 saturated carbocycles. The molecule has 0 spiro atoms. The number of allylic oxidation sites excluding steroid dienone is 2. The summed E-state index contributed by atoms with van der Waals surface area (Å²) in [6.07, 6.45) is 7.45. The average Bonchev–Trinajstić information content (AvgIpc) is 3.26. The molecular weight excluding hydrogens is 450 g/mol. The van der Waals surface area contributed by atoms with E-state index in [0.717, 1.165) is 21.1 Å². The third kappa shape index (κ3) is 5.38. The van der Waals surface area contributed by atoms with Crippen LogP contribution in [0.4, 0.5) is 0 Å². The van der Waals surface area contributed by atoms with E-state index in [1.54, 1.807) is 28.9 Å². The van der Waals surface area contributed by atoms with Crippen LogP contribution in [0.5, 0.6) is 0 Å². The highest BCUT2D eigenvalue weighted by atomic mass is 79.9. The molecule has 3 nitrogen and oxygen atoms in total. The van der Waals surface area contributed by atoms with E-state index in [1.807, 2.05) is 53.9 Å². The van der Waals surface area contributed by atoms with Crippen LogP contribution in [0.15, 0.2) is 76.1 Å². The molecular formula is C19H17BrClN3S2. The molecule has 0 amide bonds. The van der Waals surface area contributed by atoms with E-state index < -0.39 is 0 Å². The quantitative estimate of drug-likeness (QED) is 0.232. The minimum Gasteiger partial charge on any atom is -0.311 e. The second-order valence-corrected chi connectivity index (χ2v) is 7.30. The van der Waals surface area contributed by atoms with Gasteiger partial charge in [0.2, 0.25) is 4.80 Å². The molecule has 0 unspecified atom stereocenters. The van der Waals surface area contributed by atoms with E-state index in [1.165, 1.54) is 4.88 Å². The van der Waals surface area contributed by atoms with Crippen molar-refractivity contribution in [2.45, 2.75) is 6.54 Å². The molecule has 0 N–H and O–H groups in total. The monoisotopic (exact) mass is 465 g/mol. The second kappa shape index (κ2) is 10.4. The van der Waals surface area contributed by atoms with Crippen molar-refractivity contribution < 1.29 is 0 Å². The first-order valence-corrected chi connectivity index (χ1v) is 9.74. The number of halogens is 2. The maximum atomic E-state index is 5.98. The number of rotatable bonds is 6. The van der Waals surface area contributed by atoms with Gasteiger partial charge in [-0.15, -0.1) is 51.3 Å². The van der Waals surface area contributed by atoms with Crippen LogP contribution in [0.25, 0.3) is 17.3 Å². The van der Waals surface area contributed by atoms with Gasteiger partial charge in [0.05, 0.1) is 5.69 Å². The van der Waals surface area contributed by atoms with Crippen molar-refractivity contribution >= 4 is 63.5 Å². The molecule has 2 aromatic heterocycles. The summed E-state index contributed by atoms with van der Waals surface area (Å²) in [5.74, 6) is 0. The lowest BCUT2D eigenvalue weighted by molar-refractivity contribution is 0.789. The molecule has 0 fully saturated rings. The summed E-state index contributed by atoms with van der Waals surface area (Å²) in [7, 11) is 0. The van der Waals surface area contributed by atoms with E-state index in [-0.39, 0.29) is 17.0 Å². The highest BCUT2D eigenvalue weighted by Crippen LogP contribution is 2.22. The molecule has 0 aliphatic rings. The Morgan fingerprint density at radius 2 is 1.96 bits per heavy atom. The lowest BCUT2D eigenvalue weighted by atomic mass is 10.2. The summed E-state index contributed by atoms with van der Waals surface area (Å²) >= 11 is 9.21. The van der Waals surface area contributed by atoms with Crippen molar-refractivity contribution in [1.82, 2.24) is 4.57 Å². The van der Waals surface area contributed by atoms with E-state index >= 15 is 0 Å². The van der Waals surface area contributed by atoms with Gasteiger partial charge >= 0.3 is 0 Å². The van der Waals surface area contributed by atoms with Crippen molar-refractivity contribution in [1.29, 1.82) is 0 Å². The van der Waals surface area contributed by atoms with Crippen molar-refractivity contribution in [3.8, 4) is 11.3 Å². The van der Waals surface area contributed by atoms with Gasteiger partial charge in [-0.25, -0.2) is 0 Å². The fourth-order valence-corrected chi connectivity index (χ4v) is 3.84. The third-order valence-electron chi connectivity index (χ3n) is 3.35. The van der Waals surface area contributed by atoms with Crippen molar-refractivity contribution in [2.75, 3.05) is 0 Å². The summed E-state index contributed by atoms with van der Waals surface area (Å²) in [6.45, 7) is 4.50. The number of benzene rings is 1. The first-order valence-electron chi connectivity index (χ1n) is 7.60. The molecule has 134 valence electrons. The third-order valence-corrected chi connectivity index (χ3v) is 5.29. The zero-order chi connectivity index (χ0) is 17.5. The summed E-state index contributed by atoms with van der Waals surface area (Å²) in [5, 5.41) is 13.3. The van der Waals surface area contributed by atoms with Crippen molar-refractivity contribution in [2.24, 2.45) is 10.2 Å². The Labute approximate surface area is 176 Å². The van der Waals surface area contributed by atoms with E-state index in [4.69, 9.17) is 11.6 Å². The summed E-state index contributed by atoms with van der Waals surface area (Å²) in [5.41, 5.74) is 2.16. The van der Waals surface area contributed by atoms with Crippen LogP contribution in [-0.4, -0.2) is 10.8 Å². The highest BCUT2D eigenvalue weighted by Gasteiger charge is 2.06. The molecule has 26 heavy (non-hydrogen) atoms. The Hall–Kier alpha value is -1.73. The minimum absolute atomic E-state index is 0. The molecule has 0 saturated heterocycles. The highest BCUT2D eigenvalue weighted by molar-refractivity contribution is 8.93. The molecule has 0 aliphatic carbocycles. The maximum Gasteiger partial charge on any atom is 0.211 e. The normalized spacial score (nSPS) is 12.0. The topological polar surface area (TPSA) is 29.6 Å².